The highest BCUT2D eigenvalue weighted by atomic mass is 32.2. The van der Waals surface area contributed by atoms with Crippen LogP contribution in [0.2, 0.25) is 0 Å². The molecule has 25 heavy (non-hydrogen) atoms. The molecule has 1 aliphatic heterocycles. The molecule has 2 atom stereocenters. The molecular weight excluding hydrogens is 362 g/mol. The van der Waals surface area contributed by atoms with Crippen LogP contribution in [0.5, 0.6) is 0 Å². The second-order valence-electron chi connectivity index (χ2n) is 5.99. The van der Waals surface area contributed by atoms with Crippen LogP contribution in [0.1, 0.15) is 24.8 Å². The van der Waals surface area contributed by atoms with Crippen molar-refractivity contribution < 1.29 is 17.6 Å². The highest BCUT2D eigenvalue weighted by Crippen LogP contribution is 2.23. The Kier molecular flexibility index (Phi) is 5.43. The van der Waals surface area contributed by atoms with E-state index in [4.69, 9.17) is 4.42 Å². The average molecular weight is 381 g/mol. The summed E-state index contributed by atoms with van der Waals surface area (Å²) in [7, 11) is -3.01. The van der Waals surface area contributed by atoms with Gasteiger partial charge in [-0.25, -0.2) is 8.42 Å². The SMILES string of the molecule is C[C@@H](Sc1nnc(Cc2ccccc2)o1)C(=O)N[C@@H]1CCS(=O)(=O)C1. The third kappa shape index (κ3) is 5.05. The number of sulfone groups is 1. The van der Waals surface area contributed by atoms with Crippen LogP contribution in [0, 0.1) is 0 Å². The zero-order chi connectivity index (χ0) is 17.9. The van der Waals surface area contributed by atoms with Gasteiger partial charge in [0.2, 0.25) is 11.8 Å². The number of amides is 1. The predicted octanol–water partition coefficient (Wildman–Crippen LogP) is 1.44. The third-order valence-electron chi connectivity index (χ3n) is 3.87. The lowest BCUT2D eigenvalue weighted by Crippen LogP contribution is -2.39. The number of rotatable bonds is 6. The standard InChI is InChI=1S/C16H19N3O4S2/c1-11(15(20)17-13-7-8-25(21,22)10-13)24-16-19-18-14(23-16)9-12-5-3-2-4-6-12/h2-6,11,13H,7-10H2,1H3,(H,17,20)/t11-,13-/m1/s1. The lowest BCUT2D eigenvalue weighted by atomic mass is 10.2. The van der Waals surface area contributed by atoms with E-state index < -0.39 is 15.1 Å². The maximum Gasteiger partial charge on any atom is 0.277 e. The van der Waals surface area contributed by atoms with Gasteiger partial charge in [-0.05, 0) is 18.9 Å². The summed E-state index contributed by atoms with van der Waals surface area (Å²) in [5.74, 6) is 0.405. The van der Waals surface area contributed by atoms with E-state index in [1.807, 2.05) is 30.3 Å². The van der Waals surface area contributed by atoms with Crippen molar-refractivity contribution in [3.63, 3.8) is 0 Å². The number of thioether (sulfide) groups is 1. The Labute approximate surface area is 150 Å². The van der Waals surface area contributed by atoms with E-state index in [9.17, 15) is 13.2 Å². The topological polar surface area (TPSA) is 102 Å². The lowest BCUT2D eigenvalue weighted by Gasteiger charge is -2.14. The molecule has 1 aliphatic rings. The first-order chi connectivity index (χ1) is 11.9. The van der Waals surface area contributed by atoms with E-state index in [0.717, 1.165) is 17.3 Å². The highest BCUT2D eigenvalue weighted by Gasteiger charge is 2.30. The molecule has 1 fully saturated rings. The number of nitrogens with one attached hydrogen (secondary N) is 1. The molecule has 1 N–H and O–H groups in total. The molecule has 0 spiro atoms. The fourth-order valence-electron chi connectivity index (χ4n) is 2.56. The summed E-state index contributed by atoms with van der Waals surface area (Å²) in [4.78, 5) is 12.2. The smallest absolute Gasteiger partial charge is 0.277 e. The summed E-state index contributed by atoms with van der Waals surface area (Å²) in [5.41, 5.74) is 1.07. The molecule has 2 heterocycles. The molecule has 0 saturated carbocycles. The van der Waals surface area contributed by atoms with Crippen LogP contribution in [0.4, 0.5) is 0 Å². The molecular formula is C16H19N3O4S2. The van der Waals surface area contributed by atoms with Gasteiger partial charge in [0.05, 0.1) is 23.2 Å². The molecule has 0 aliphatic carbocycles. The molecule has 0 bridgehead atoms. The molecule has 1 saturated heterocycles. The Hall–Kier alpha value is -1.87. The van der Waals surface area contributed by atoms with Crippen molar-refractivity contribution in [3.8, 4) is 0 Å². The molecule has 3 rings (SSSR count). The van der Waals surface area contributed by atoms with Crippen LogP contribution in [-0.4, -0.2) is 47.3 Å². The normalized spacial score (nSPS) is 20.3. The summed E-state index contributed by atoms with van der Waals surface area (Å²) in [6, 6.07) is 9.46. The first-order valence-corrected chi connectivity index (χ1v) is 10.7. The van der Waals surface area contributed by atoms with Gasteiger partial charge < -0.3 is 9.73 Å². The monoisotopic (exact) mass is 381 g/mol. The number of aromatic nitrogens is 2. The van der Waals surface area contributed by atoms with Crippen molar-refractivity contribution in [2.75, 3.05) is 11.5 Å². The fraction of sp³-hybridized carbons (Fsp3) is 0.438. The molecule has 1 aromatic carbocycles. The Balaban J connectivity index is 1.52. The van der Waals surface area contributed by atoms with E-state index >= 15 is 0 Å². The van der Waals surface area contributed by atoms with Crippen LogP contribution in [0.3, 0.4) is 0 Å². The van der Waals surface area contributed by atoms with Gasteiger partial charge in [0.15, 0.2) is 9.84 Å². The summed E-state index contributed by atoms with van der Waals surface area (Å²) in [6.07, 6.45) is 1.00. The fourth-order valence-corrected chi connectivity index (χ4v) is 4.94. The van der Waals surface area contributed by atoms with Crippen LogP contribution >= 0.6 is 11.8 Å². The summed E-state index contributed by atoms with van der Waals surface area (Å²) in [6.45, 7) is 1.73. The first kappa shape index (κ1) is 17.9. The molecule has 9 heteroatoms. The van der Waals surface area contributed by atoms with E-state index in [0.29, 0.717) is 24.0 Å². The van der Waals surface area contributed by atoms with Crippen molar-refractivity contribution in [2.24, 2.45) is 0 Å². The van der Waals surface area contributed by atoms with E-state index in [1.54, 1.807) is 6.92 Å². The third-order valence-corrected chi connectivity index (χ3v) is 6.57. The zero-order valence-corrected chi connectivity index (χ0v) is 15.3. The molecule has 0 radical (unpaired) electrons. The van der Waals surface area contributed by atoms with Crippen LogP contribution < -0.4 is 5.32 Å². The van der Waals surface area contributed by atoms with Crippen molar-refractivity contribution in [2.45, 2.75) is 36.3 Å². The Morgan fingerprint density at radius 2 is 2.12 bits per heavy atom. The Morgan fingerprint density at radius 1 is 1.36 bits per heavy atom. The number of benzene rings is 1. The largest absolute Gasteiger partial charge is 0.416 e. The maximum atomic E-state index is 12.2. The van der Waals surface area contributed by atoms with Gasteiger partial charge in [-0.2, -0.15) is 0 Å². The summed E-state index contributed by atoms with van der Waals surface area (Å²) in [5, 5.41) is 10.6. The number of hydrogen-bond donors (Lipinski definition) is 1. The van der Waals surface area contributed by atoms with Gasteiger partial charge >= 0.3 is 0 Å². The first-order valence-electron chi connectivity index (χ1n) is 7.95. The van der Waals surface area contributed by atoms with Gasteiger partial charge in [0.25, 0.3) is 5.22 Å². The number of carbonyl (C=O) groups excluding carboxylic acids is 1. The van der Waals surface area contributed by atoms with Gasteiger partial charge in [0.1, 0.15) is 0 Å². The second kappa shape index (κ2) is 7.57. The van der Waals surface area contributed by atoms with Crippen LogP contribution in [0.25, 0.3) is 0 Å². The maximum absolute atomic E-state index is 12.2. The van der Waals surface area contributed by atoms with E-state index in [2.05, 4.69) is 15.5 Å². The van der Waals surface area contributed by atoms with Crippen LogP contribution in [0.15, 0.2) is 40.0 Å². The van der Waals surface area contributed by atoms with E-state index in [1.165, 1.54) is 0 Å². The molecule has 7 nitrogen and oxygen atoms in total. The number of nitrogens with zero attached hydrogens (tertiary/aromatic N) is 2. The van der Waals surface area contributed by atoms with Gasteiger partial charge in [0, 0.05) is 6.04 Å². The van der Waals surface area contributed by atoms with E-state index in [-0.39, 0.29) is 23.5 Å². The average Bonchev–Trinajstić information content (AvgIpc) is 3.14. The van der Waals surface area contributed by atoms with Gasteiger partial charge in [-0.1, -0.05) is 42.1 Å². The molecule has 1 aromatic heterocycles. The van der Waals surface area contributed by atoms with Crippen molar-refractivity contribution in [3.05, 3.63) is 41.8 Å². The molecule has 0 unspecified atom stereocenters. The summed E-state index contributed by atoms with van der Waals surface area (Å²) >= 11 is 1.16. The predicted molar refractivity (Wildman–Crippen MR) is 94.1 cm³/mol. The van der Waals surface area contributed by atoms with Crippen molar-refractivity contribution >= 4 is 27.5 Å². The minimum absolute atomic E-state index is 0.0118. The van der Waals surface area contributed by atoms with Crippen molar-refractivity contribution in [1.29, 1.82) is 0 Å². The zero-order valence-electron chi connectivity index (χ0n) is 13.7. The molecule has 134 valence electrons. The lowest BCUT2D eigenvalue weighted by molar-refractivity contribution is -0.120. The Bertz CT molecular complexity index is 836. The van der Waals surface area contributed by atoms with Crippen LogP contribution in [-0.2, 0) is 21.1 Å². The summed E-state index contributed by atoms with van der Waals surface area (Å²) < 4.78 is 28.5. The van der Waals surface area contributed by atoms with Crippen molar-refractivity contribution in [1.82, 2.24) is 15.5 Å². The second-order valence-corrected chi connectivity index (χ2v) is 9.51. The quantitative estimate of drug-likeness (QED) is 0.756. The van der Waals surface area contributed by atoms with Gasteiger partial charge in [-0.15, -0.1) is 10.2 Å². The highest BCUT2D eigenvalue weighted by molar-refractivity contribution is 8.00. The molecule has 1 amide bonds. The minimum Gasteiger partial charge on any atom is -0.416 e. The molecule has 2 aromatic rings. The Morgan fingerprint density at radius 3 is 2.80 bits per heavy atom. The number of hydrogen-bond acceptors (Lipinski definition) is 7. The number of carbonyl (C=O) groups is 1. The van der Waals surface area contributed by atoms with Gasteiger partial charge in [-0.3, -0.25) is 4.79 Å². The minimum atomic E-state index is -3.01.